The van der Waals surface area contributed by atoms with Crippen LogP contribution in [-0.2, 0) is 11.2 Å². The Labute approximate surface area is 104 Å². The Morgan fingerprint density at radius 3 is 2.35 bits per heavy atom. The van der Waals surface area contributed by atoms with Crippen LogP contribution in [0.25, 0.3) is 0 Å². The molecule has 1 N–H and O–H groups in total. The van der Waals surface area contributed by atoms with E-state index in [1.165, 1.54) is 27.8 Å². The molecular weight excluding hydrogens is 210 g/mol. The van der Waals surface area contributed by atoms with Crippen LogP contribution in [-0.4, -0.2) is 25.8 Å². The molecule has 1 aromatic carbocycles. The minimum Gasteiger partial charge on any atom is -0.379 e. The van der Waals surface area contributed by atoms with Gasteiger partial charge in [0, 0.05) is 12.6 Å². The van der Waals surface area contributed by atoms with E-state index >= 15 is 0 Å². The smallest absolute Gasteiger partial charge is 0.0623 e. The van der Waals surface area contributed by atoms with Crippen molar-refractivity contribution in [2.24, 2.45) is 0 Å². The van der Waals surface area contributed by atoms with E-state index in [4.69, 9.17) is 4.74 Å². The fraction of sp³-hybridized carbons (Fsp3) is 0.600. The van der Waals surface area contributed by atoms with E-state index in [1.54, 1.807) is 0 Å². The monoisotopic (exact) mass is 233 g/mol. The molecule has 1 heterocycles. The largest absolute Gasteiger partial charge is 0.379 e. The molecular formula is C15H23NO. The van der Waals surface area contributed by atoms with Crippen molar-refractivity contribution in [2.75, 3.05) is 19.8 Å². The second kappa shape index (κ2) is 5.19. The summed E-state index contributed by atoms with van der Waals surface area (Å²) in [7, 11) is 0. The molecule has 1 aliphatic rings. The minimum atomic E-state index is 0.474. The Kier molecular flexibility index (Phi) is 3.85. The van der Waals surface area contributed by atoms with E-state index in [2.05, 4.69) is 39.1 Å². The molecule has 1 fully saturated rings. The molecule has 0 aliphatic carbocycles. The Hall–Kier alpha value is -0.860. The molecule has 17 heavy (non-hydrogen) atoms. The van der Waals surface area contributed by atoms with E-state index < -0.39 is 0 Å². The van der Waals surface area contributed by atoms with Crippen molar-refractivity contribution in [3.63, 3.8) is 0 Å². The van der Waals surface area contributed by atoms with Gasteiger partial charge in [-0.15, -0.1) is 0 Å². The quantitative estimate of drug-likeness (QED) is 0.847. The first-order valence-electron chi connectivity index (χ1n) is 6.47. The first kappa shape index (κ1) is 12.6. The predicted octanol–water partition coefficient (Wildman–Crippen LogP) is 2.45. The number of hydrogen-bond donors (Lipinski definition) is 1. The van der Waals surface area contributed by atoms with Crippen LogP contribution in [0, 0.1) is 27.7 Å². The number of rotatable bonds is 2. The lowest BCUT2D eigenvalue weighted by molar-refractivity contribution is 0.0769. The molecule has 1 aromatic rings. The summed E-state index contributed by atoms with van der Waals surface area (Å²) in [6, 6.07) is 2.77. The van der Waals surface area contributed by atoms with Gasteiger partial charge in [-0.1, -0.05) is 6.07 Å². The van der Waals surface area contributed by atoms with Crippen LogP contribution in [0.5, 0.6) is 0 Å². The summed E-state index contributed by atoms with van der Waals surface area (Å²) in [4.78, 5) is 0. The van der Waals surface area contributed by atoms with Crippen molar-refractivity contribution in [3.8, 4) is 0 Å². The summed E-state index contributed by atoms with van der Waals surface area (Å²) in [6.07, 6.45) is 1.08. The van der Waals surface area contributed by atoms with Gasteiger partial charge in [-0.2, -0.15) is 0 Å². The molecule has 0 amide bonds. The molecule has 0 spiro atoms. The summed E-state index contributed by atoms with van der Waals surface area (Å²) >= 11 is 0. The lowest BCUT2D eigenvalue weighted by atomic mass is 9.90. The maximum absolute atomic E-state index is 5.53. The number of nitrogens with one attached hydrogen (secondary N) is 1. The van der Waals surface area contributed by atoms with Crippen LogP contribution in [0.15, 0.2) is 6.07 Å². The highest BCUT2D eigenvalue weighted by molar-refractivity contribution is 5.44. The van der Waals surface area contributed by atoms with Crippen LogP contribution in [0.3, 0.4) is 0 Å². The average molecular weight is 233 g/mol. The van der Waals surface area contributed by atoms with Gasteiger partial charge in [-0.25, -0.2) is 0 Å². The molecule has 0 radical (unpaired) electrons. The maximum Gasteiger partial charge on any atom is 0.0623 e. The van der Waals surface area contributed by atoms with Crippen LogP contribution >= 0.6 is 0 Å². The molecule has 1 atom stereocenters. The molecule has 1 unspecified atom stereocenters. The van der Waals surface area contributed by atoms with E-state index in [0.717, 1.165) is 26.2 Å². The molecule has 2 rings (SSSR count). The first-order chi connectivity index (χ1) is 8.09. The third-order valence-corrected chi connectivity index (χ3v) is 3.97. The summed E-state index contributed by atoms with van der Waals surface area (Å²) in [6.45, 7) is 11.6. The van der Waals surface area contributed by atoms with Crippen molar-refractivity contribution in [1.82, 2.24) is 5.32 Å². The summed E-state index contributed by atoms with van der Waals surface area (Å²) in [5.74, 6) is 0. The van der Waals surface area contributed by atoms with Crippen LogP contribution in [0.2, 0.25) is 0 Å². The molecule has 2 heteroatoms. The zero-order chi connectivity index (χ0) is 12.4. The Morgan fingerprint density at radius 1 is 1.18 bits per heavy atom. The third kappa shape index (κ3) is 2.70. The van der Waals surface area contributed by atoms with Gasteiger partial charge in [0.1, 0.15) is 0 Å². The number of morpholine rings is 1. The Balaban J connectivity index is 2.24. The van der Waals surface area contributed by atoms with Crippen molar-refractivity contribution in [1.29, 1.82) is 0 Å². The molecule has 0 saturated carbocycles. The summed E-state index contributed by atoms with van der Waals surface area (Å²) in [5, 5.41) is 3.54. The molecule has 1 aliphatic heterocycles. The van der Waals surface area contributed by atoms with Gasteiger partial charge in [0.25, 0.3) is 0 Å². The summed E-state index contributed by atoms with van der Waals surface area (Å²) < 4.78 is 5.53. The fourth-order valence-corrected chi connectivity index (χ4v) is 2.60. The number of ether oxygens (including phenoxy) is 1. The van der Waals surface area contributed by atoms with Crippen LogP contribution in [0.1, 0.15) is 27.8 Å². The highest BCUT2D eigenvalue weighted by atomic mass is 16.5. The topological polar surface area (TPSA) is 21.3 Å². The van der Waals surface area contributed by atoms with Gasteiger partial charge in [-0.05, 0) is 61.9 Å². The van der Waals surface area contributed by atoms with Crippen LogP contribution < -0.4 is 5.32 Å². The molecule has 1 saturated heterocycles. The van der Waals surface area contributed by atoms with E-state index in [0.29, 0.717) is 6.04 Å². The second-order valence-corrected chi connectivity index (χ2v) is 5.17. The highest BCUT2D eigenvalue weighted by Crippen LogP contribution is 2.23. The van der Waals surface area contributed by atoms with E-state index in [1.807, 2.05) is 0 Å². The van der Waals surface area contributed by atoms with Gasteiger partial charge >= 0.3 is 0 Å². The highest BCUT2D eigenvalue weighted by Gasteiger charge is 2.17. The normalized spacial score (nSPS) is 20.6. The molecule has 94 valence electrons. The average Bonchev–Trinajstić information content (AvgIpc) is 2.33. The lowest BCUT2D eigenvalue weighted by Crippen LogP contribution is -2.42. The van der Waals surface area contributed by atoms with E-state index in [-0.39, 0.29) is 0 Å². The number of aryl methyl sites for hydroxylation is 2. The number of benzene rings is 1. The van der Waals surface area contributed by atoms with Gasteiger partial charge < -0.3 is 10.1 Å². The zero-order valence-corrected chi connectivity index (χ0v) is 11.4. The van der Waals surface area contributed by atoms with Crippen molar-refractivity contribution >= 4 is 0 Å². The van der Waals surface area contributed by atoms with E-state index in [9.17, 15) is 0 Å². The number of hydrogen-bond acceptors (Lipinski definition) is 2. The minimum absolute atomic E-state index is 0.474. The van der Waals surface area contributed by atoms with Gasteiger partial charge in [0.15, 0.2) is 0 Å². The van der Waals surface area contributed by atoms with Gasteiger partial charge in [0.05, 0.1) is 13.2 Å². The Morgan fingerprint density at radius 2 is 1.82 bits per heavy atom. The summed E-state index contributed by atoms with van der Waals surface area (Å²) in [5.41, 5.74) is 7.20. The SMILES string of the molecule is Cc1cc(C)c(C)c(CC2COCCN2)c1C. The molecule has 0 aromatic heterocycles. The van der Waals surface area contributed by atoms with Gasteiger partial charge in [-0.3, -0.25) is 0 Å². The fourth-order valence-electron chi connectivity index (χ4n) is 2.60. The zero-order valence-electron chi connectivity index (χ0n) is 11.4. The molecule has 2 nitrogen and oxygen atoms in total. The van der Waals surface area contributed by atoms with Crippen LogP contribution in [0.4, 0.5) is 0 Å². The lowest BCUT2D eigenvalue weighted by Gasteiger charge is -2.26. The second-order valence-electron chi connectivity index (χ2n) is 5.17. The Bertz CT molecular complexity index is 380. The van der Waals surface area contributed by atoms with Gasteiger partial charge in [0.2, 0.25) is 0 Å². The standard InChI is InChI=1S/C15H23NO/c1-10-7-11(2)13(4)15(12(10)3)8-14-9-17-6-5-16-14/h7,14,16H,5-6,8-9H2,1-4H3. The third-order valence-electron chi connectivity index (χ3n) is 3.97. The van der Waals surface area contributed by atoms with Crippen molar-refractivity contribution in [3.05, 3.63) is 33.9 Å². The predicted molar refractivity (Wildman–Crippen MR) is 71.7 cm³/mol. The maximum atomic E-state index is 5.53. The molecule has 0 bridgehead atoms. The van der Waals surface area contributed by atoms with Crippen molar-refractivity contribution in [2.45, 2.75) is 40.2 Å². The first-order valence-corrected chi connectivity index (χ1v) is 6.47. The van der Waals surface area contributed by atoms with Crippen molar-refractivity contribution < 1.29 is 4.74 Å².